The summed E-state index contributed by atoms with van der Waals surface area (Å²) in [7, 11) is 2.00. The van der Waals surface area contributed by atoms with E-state index in [9.17, 15) is 9.59 Å². The Morgan fingerprint density at radius 1 is 1.12 bits per heavy atom. The first kappa shape index (κ1) is 16.6. The van der Waals surface area contributed by atoms with Crippen LogP contribution in [0.5, 0.6) is 0 Å². The van der Waals surface area contributed by atoms with Crippen LogP contribution < -0.4 is 10.2 Å². The maximum Gasteiger partial charge on any atom is 0.257 e. The van der Waals surface area contributed by atoms with Gasteiger partial charge in [0, 0.05) is 24.8 Å². The van der Waals surface area contributed by atoms with Crippen LogP contribution in [0.15, 0.2) is 36.4 Å². The molecule has 1 N–H and O–H groups in total. The molecule has 1 fully saturated rings. The Labute approximate surface area is 153 Å². The van der Waals surface area contributed by atoms with Crippen molar-refractivity contribution in [2.75, 3.05) is 23.8 Å². The van der Waals surface area contributed by atoms with Crippen LogP contribution in [0.25, 0.3) is 0 Å². The highest BCUT2D eigenvalue weighted by Gasteiger charge is 2.38. The van der Waals surface area contributed by atoms with Gasteiger partial charge in [-0.1, -0.05) is 6.07 Å². The first-order chi connectivity index (χ1) is 12.5. The van der Waals surface area contributed by atoms with Gasteiger partial charge < -0.3 is 15.1 Å². The minimum Gasteiger partial charge on any atom is -0.354 e. The fraction of sp³-hybridized carbons (Fsp3) is 0.333. The van der Waals surface area contributed by atoms with Crippen molar-refractivity contribution in [2.45, 2.75) is 32.9 Å². The van der Waals surface area contributed by atoms with Crippen molar-refractivity contribution in [2.24, 2.45) is 0 Å². The molecule has 2 aromatic carbocycles. The lowest BCUT2D eigenvalue weighted by molar-refractivity contribution is 0.0719. The lowest BCUT2D eigenvalue weighted by Gasteiger charge is -2.40. The fourth-order valence-electron chi connectivity index (χ4n) is 3.87. The molecule has 134 valence electrons. The van der Waals surface area contributed by atoms with E-state index in [-0.39, 0.29) is 18.0 Å². The fourth-order valence-corrected chi connectivity index (χ4v) is 3.87. The molecular weight excluding hydrogens is 326 g/mol. The molecule has 0 bridgehead atoms. The van der Waals surface area contributed by atoms with Crippen molar-refractivity contribution in [1.82, 2.24) is 4.90 Å². The van der Waals surface area contributed by atoms with Crippen LogP contribution in [0.4, 0.5) is 11.4 Å². The Morgan fingerprint density at radius 3 is 2.69 bits per heavy atom. The standard InChI is InChI=1S/C21H23N3O2/c1-13-6-8-16(11-14(13)2)22-20(25)15-7-9-17-18(12-15)23(3)19-5-4-10-24(19)21(17)26/h6-9,11-12,19H,4-5,10H2,1-3H3,(H,22,25). The van der Waals surface area contributed by atoms with Crippen LogP contribution in [0.2, 0.25) is 0 Å². The van der Waals surface area contributed by atoms with Crippen LogP contribution in [0, 0.1) is 13.8 Å². The van der Waals surface area contributed by atoms with E-state index in [4.69, 9.17) is 0 Å². The average molecular weight is 349 g/mol. The van der Waals surface area contributed by atoms with Crippen molar-refractivity contribution in [1.29, 1.82) is 0 Å². The number of benzene rings is 2. The van der Waals surface area contributed by atoms with Crippen molar-refractivity contribution in [3.05, 3.63) is 58.7 Å². The third-order valence-corrected chi connectivity index (χ3v) is 5.56. The van der Waals surface area contributed by atoms with E-state index in [0.717, 1.165) is 36.3 Å². The predicted octanol–water partition coefficient (Wildman–Crippen LogP) is 3.57. The van der Waals surface area contributed by atoms with E-state index >= 15 is 0 Å². The van der Waals surface area contributed by atoms with Crippen LogP contribution in [-0.2, 0) is 0 Å². The maximum atomic E-state index is 12.7. The van der Waals surface area contributed by atoms with Crippen LogP contribution >= 0.6 is 0 Å². The molecule has 0 saturated carbocycles. The number of aryl methyl sites for hydroxylation is 2. The van der Waals surface area contributed by atoms with Gasteiger partial charge in [-0.15, -0.1) is 0 Å². The predicted molar refractivity (Wildman–Crippen MR) is 103 cm³/mol. The Morgan fingerprint density at radius 2 is 1.92 bits per heavy atom. The smallest absolute Gasteiger partial charge is 0.257 e. The Kier molecular flexibility index (Phi) is 3.94. The van der Waals surface area contributed by atoms with Gasteiger partial charge in [0.2, 0.25) is 0 Å². The Balaban J connectivity index is 1.62. The second kappa shape index (κ2) is 6.16. The first-order valence-electron chi connectivity index (χ1n) is 9.02. The number of nitrogens with one attached hydrogen (secondary N) is 1. The van der Waals surface area contributed by atoms with Gasteiger partial charge in [-0.3, -0.25) is 9.59 Å². The van der Waals surface area contributed by atoms with Gasteiger partial charge in [0.15, 0.2) is 0 Å². The maximum absolute atomic E-state index is 12.7. The molecule has 0 spiro atoms. The molecule has 5 nitrogen and oxygen atoms in total. The molecule has 2 aliphatic heterocycles. The molecular formula is C21H23N3O2. The van der Waals surface area contributed by atoms with E-state index in [1.54, 1.807) is 12.1 Å². The first-order valence-corrected chi connectivity index (χ1v) is 9.02. The summed E-state index contributed by atoms with van der Waals surface area (Å²) in [6.07, 6.45) is 2.10. The van der Waals surface area contributed by atoms with E-state index in [0.29, 0.717) is 11.1 Å². The number of hydrogen-bond donors (Lipinski definition) is 1. The molecule has 26 heavy (non-hydrogen) atoms. The summed E-state index contributed by atoms with van der Waals surface area (Å²) < 4.78 is 0. The number of rotatable bonds is 2. The Bertz CT molecular complexity index is 906. The molecule has 1 unspecified atom stereocenters. The highest BCUT2D eigenvalue weighted by molar-refractivity contribution is 6.08. The number of carbonyl (C=O) groups is 2. The van der Waals surface area contributed by atoms with E-state index in [2.05, 4.69) is 10.2 Å². The number of amides is 2. The normalized spacial score (nSPS) is 18.6. The molecule has 2 aromatic rings. The largest absolute Gasteiger partial charge is 0.354 e. The minimum absolute atomic E-state index is 0.0710. The van der Waals surface area contributed by atoms with E-state index in [1.807, 2.05) is 50.1 Å². The molecule has 1 atom stereocenters. The van der Waals surface area contributed by atoms with Gasteiger partial charge in [0.25, 0.3) is 11.8 Å². The molecule has 0 aromatic heterocycles. The third kappa shape index (κ3) is 2.64. The van der Waals surface area contributed by atoms with E-state index in [1.165, 1.54) is 5.56 Å². The van der Waals surface area contributed by atoms with Crippen molar-refractivity contribution in [3.8, 4) is 0 Å². The molecule has 2 amide bonds. The SMILES string of the molecule is Cc1ccc(NC(=O)c2ccc3c(c2)N(C)C2CCCN2C3=O)cc1C. The summed E-state index contributed by atoms with van der Waals surface area (Å²) >= 11 is 0. The molecule has 5 heteroatoms. The quantitative estimate of drug-likeness (QED) is 0.902. The van der Waals surface area contributed by atoms with Gasteiger partial charge >= 0.3 is 0 Å². The summed E-state index contributed by atoms with van der Waals surface area (Å²) in [5.41, 5.74) is 5.19. The second-order valence-corrected chi connectivity index (χ2v) is 7.22. The van der Waals surface area contributed by atoms with Gasteiger partial charge in [-0.2, -0.15) is 0 Å². The monoisotopic (exact) mass is 349 g/mol. The summed E-state index contributed by atoms with van der Waals surface area (Å²) in [5.74, 6) is -0.0903. The molecule has 2 heterocycles. The van der Waals surface area contributed by atoms with Crippen LogP contribution in [0.1, 0.15) is 44.7 Å². The van der Waals surface area contributed by atoms with Crippen molar-refractivity contribution in [3.63, 3.8) is 0 Å². The lowest BCUT2D eigenvalue weighted by Crippen LogP contribution is -2.50. The van der Waals surface area contributed by atoms with Crippen molar-refractivity contribution < 1.29 is 9.59 Å². The average Bonchev–Trinajstić information content (AvgIpc) is 3.12. The molecule has 0 radical (unpaired) electrons. The number of carbonyl (C=O) groups excluding carboxylic acids is 2. The van der Waals surface area contributed by atoms with E-state index < -0.39 is 0 Å². The highest BCUT2D eigenvalue weighted by Crippen LogP contribution is 2.35. The number of anilines is 2. The minimum atomic E-state index is -0.161. The van der Waals surface area contributed by atoms with Gasteiger partial charge in [-0.25, -0.2) is 0 Å². The zero-order chi connectivity index (χ0) is 18.4. The topological polar surface area (TPSA) is 52.7 Å². The summed E-state index contributed by atoms with van der Waals surface area (Å²) in [5, 5.41) is 2.95. The molecule has 0 aliphatic carbocycles. The molecule has 1 saturated heterocycles. The van der Waals surface area contributed by atoms with Crippen molar-refractivity contribution >= 4 is 23.2 Å². The third-order valence-electron chi connectivity index (χ3n) is 5.56. The number of hydrogen-bond acceptors (Lipinski definition) is 3. The van der Waals surface area contributed by atoms with Crippen LogP contribution in [0.3, 0.4) is 0 Å². The number of fused-ring (bicyclic) bond motifs is 2. The molecule has 2 aliphatic rings. The highest BCUT2D eigenvalue weighted by atomic mass is 16.2. The molecule has 4 rings (SSSR count). The zero-order valence-corrected chi connectivity index (χ0v) is 15.4. The second-order valence-electron chi connectivity index (χ2n) is 7.22. The van der Waals surface area contributed by atoms with Gasteiger partial charge in [0.05, 0.1) is 11.3 Å². The van der Waals surface area contributed by atoms with Gasteiger partial charge in [0.1, 0.15) is 6.17 Å². The van der Waals surface area contributed by atoms with Gasteiger partial charge in [-0.05, 0) is 68.1 Å². The number of nitrogens with zero attached hydrogens (tertiary/aromatic N) is 2. The lowest BCUT2D eigenvalue weighted by atomic mass is 10.0. The summed E-state index contributed by atoms with van der Waals surface area (Å²) in [6.45, 7) is 4.88. The summed E-state index contributed by atoms with van der Waals surface area (Å²) in [4.78, 5) is 29.4. The Hall–Kier alpha value is -2.82. The van der Waals surface area contributed by atoms with Crippen LogP contribution in [-0.4, -0.2) is 36.5 Å². The summed E-state index contributed by atoms with van der Waals surface area (Å²) in [6, 6.07) is 11.2. The zero-order valence-electron chi connectivity index (χ0n) is 15.4.